The summed E-state index contributed by atoms with van der Waals surface area (Å²) in [6.07, 6.45) is 1.31. The Balaban J connectivity index is 1.87. The van der Waals surface area contributed by atoms with Crippen LogP contribution in [0, 0.1) is 5.92 Å². The van der Waals surface area contributed by atoms with E-state index < -0.39 is 0 Å². The zero-order chi connectivity index (χ0) is 17.7. The maximum absolute atomic E-state index is 12.3. The van der Waals surface area contributed by atoms with Crippen LogP contribution in [-0.2, 0) is 4.79 Å². The standard InChI is InChI=1S/C17H24N4O3/c1-18-15(22)12-4-6-14(7-5-12)19-16(23)13-8-10-21(11-9-13)17(24)20(2)3/h4-7,13H,8-11H2,1-3H3,(H,18,22)(H,19,23). The number of carbonyl (C=O) groups is 3. The van der Waals surface area contributed by atoms with Gasteiger partial charge < -0.3 is 20.4 Å². The largest absolute Gasteiger partial charge is 0.355 e. The summed E-state index contributed by atoms with van der Waals surface area (Å²) < 4.78 is 0. The highest BCUT2D eigenvalue weighted by atomic mass is 16.2. The van der Waals surface area contributed by atoms with Gasteiger partial charge in [0, 0.05) is 51.4 Å². The van der Waals surface area contributed by atoms with Crippen molar-refractivity contribution in [1.82, 2.24) is 15.1 Å². The summed E-state index contributed by atoms with van der Waals surface area (Å²) in [5, 5.41) is 5.43. The molecule has 7 nitrogen and oxygen atoms in total. The van der Waals surface area contributed by atoms with Gasteiger partial charge in [0.25, 0.3) is 5.91 Å². The fourth-order valence-electron chi connectivity index (χ4n) is 2.71. The molecular formula is C17H24N4O3. The van der Waals surface area contributed by atoms with Crippen molar-refractivity contribution in [2.24, 2.45) is 5.92 Å². The monoisotopic (exact) mass is 332 g/mol. The van der Waals surface area contributed by atoms with Gasteiger partial charge >= 0.3 is 6.03 Å². The third kappa shape index (κ3) is 4.24. The predicted molar refractivity (Wildman–Crippen MR) is 91.8 cm³/mol. The van der Waals surface area contributed by atoms with Crippen molar-refractivity contribution in [3.05, 3.63) is 29.8 Å². The van der Waals surface area contributed by atoms with E-state index in [4.69, 9.17) is 0 Å². The Labute approximate surface area is 142 Å². The summed E-state index contributed by atoms with van der Waals surface area (Å²) >= 11 is 0. The smallest absolute Gasteiger partial charge is 0.319 e. The van der Waals surface area contributed by atoms with Gasteiger partial charge in [0.05, 0.1) is 0 Å². The van der Waals surface area contributed by atoms with E-state index in [1.54, 1.807) is 55.2 Å². The minimum atomic E-state index is -0.161. The average molecular weight is 332 g/mol. The molecule has 0 atom stereocenters. The van der Waals surface area contributed by atoms with Crippen LogP contribution >= 0.6 is 0 Å². The van der Waals surface area contributed by atoms with Crippen molar-refractivity contribution < 1.29 is 14.4 Å². The quantitative estimate of drug-likeness (QED) is 0.877. The van der Waals surface area contributed by atoms with Crippen molar-refractivity contribution in [2.45, 2.75) is 12.8 Å². The lowest BCUT2D eigenvalue weighted by Crippen LogP contribution is -2.45. The number of nitrogens with one attached hydrogen (secondary N) is 2. The van der Waals surface area contributed by atoms with Gasteiger partial charge in [0.1, 0.15) is 0 Å². The molecular weight excluding hydrogens is 308 g/mol. The zero-order valence-electron chi connectivity index (χ0n) is 14.3. The van der Waals surface area contributed by atoms with Crippen LogP contribution in [0.5, 0.6) is 0 Å². The third-order valence-electron chi connectivity index (χ3n) is 4.16. The molecule has 0 aliphatic carbocycles. The molecule has 1 aromatic rings. The van der Waals surface area contributed by atoms with E-state index in [0.29, 0.717) is 37.2 Å². The van der Waals surface area contributed by atoms with Crippen molar-refractivity contribution in [1.29, 1.82) is 0 Å². The van der Waals surface area contributed by atoms with Gasteiger partial charge in [-0.3, -0.25) is 9.59 Å². The van der Waals surface area contributed by atoms with E-state index in [2.05, 4.69) is 10.6 Å². The van der Waals surface area contributed by atoms with Crippen LogP contribution in [-0.4, -0.2) is 61.9 Å². The van der Waals surface area contributed by atoms with Crippen molar-refractivity contribution in [3.63, 3.8) is 0 Å². The Morgan fingerprint density at radius 2 is 1.67 bits per heavy atom. The topological polar surface area (TPSA) is 81.8 Å². The van der Waals surface area contributed by atoms with E-state index >= 15 is 0 Å². The van der Waals surface area contributed by atoms with Gasteiger partial charge in [-0.1, -0.05) is 0 Å². The summed E-state index contributed by atoms with van der Waals surface area (Å²) in [6, 6.07) is 6.76. The molecule has 1 heterocycles. The second-order valence-electron chi connectivity index (χ2n) is 6.08. The van der Waals surface area contributed by atoms with E-state index in [1.165, 1.54) is 0 Å². The predicted octanol–water partition coefficient (Wildman–Crippen LogP) is 1.38. The van der Waals surface area contributed by atoms with Gasteiger partial charge in [-0.25, -0.2) is 4.79 Å². The minimum Gasteiger partial charge on any atom is -0.355 e. The number of hydrogen-bond acceptors (Lipinski definition) is 3. The molecule has 24 heavy (non-hydrogen) atoms. The molecule has 0 unspecified atom stereocenters. The molecule has 0 saturated carbocycles. The Bertz CT molecular complexity index is 605. The number of urea groups is 1. The SMILES string of the molecule is CNC(=O)c1ccc(NC(=O)C2CCN(C(=O)N(C)C)CC2)cc1. The highest BCUT2D eigenvalue weighted by Crippen LogP contribution is 2.20. The number of amides is 4. The minimum absolute atomic E-state index is 0.0151. The fourth-order valence-corrected chi connectivity index (χ4v) is 2.71. The molecule has 0 spiro atoms. The van der Waals surface area contributed by atoms with Crippen LogP contribution < -0.4 is 10.6 Å². The van der Waals surface area contributed by atoms with E-state index in [9.17, 15) is 14.4 Å². The van der Waals surface area contributed by atoms with Crippen LogP contribution in [0.2, 0.25) is 0 Å². The Morgan fingerprint density at radius 1 is 1.08 bits per heavy atom. The number of piperidine rings is 1. The van der Waals surface area contributed by atoms with Gasteiger partial charge in [0.15, 0.2) is 0 Å². The molecule has 2 N–H and O–H groups in total. The normalized spacial score (nSPS) is 14.9. The van der Waals surface area contributed by atoms with E-state index in [1.807, 2.05) is 0 Å². The molecule has 7 heteroatoms. The van der Waals surface area contributed by atoms with Crippen LogP contribution in [0.4, 0.5) is 10.5 Å². The number of benzene rings is 1. The van der Waals surface area contributed by atoms with Crippen LogP contribution in [0.15, 0.2) is 24.3 Å². The molecule has 2 rings (SSSR count). The average Bonchev–Trinajstić information content (AvgIpc) is 2.61. The number of anilines is 1. The lowest BCUT2D eigenvalue weighted by molar-refractivity contribution is -0.121. The first kappa shape index (κ1) is 17.8. The number of nitrogens with zero attached hydrogens (tertiary/aromatic N) is 2. The first-order valence-electron chi connectivity index (χ1n) is 8.01. The highest BCUT2D eigenvalue weighted by molar-refractivity contribution is 5.96. The van der Waals surface area contributed by atoms with Gasteiger partial charge in [-0.05, 0) is 37.1 Å². The molecule has 1 aliphatic rings. The summed E-state index contributed by atoms with van der Waals surface area (Å²) in [7, 11) is 5.03. The molecule has 130 valence electrons. The molecule has 1 saturated heterocycles. The molecule has 1 fully saturated rings. The van der Waals surface area contributed by atoms with Crippen LogP contribution in [0.25, 0.3) is 0 Å². The lowest BCUT2D eigenvalue weighted by atomic mass is 9.96. The summed E-state index contributed by atoms with van der Waals surface area (Å²) in [4.78, 5) is 39.1. The molecule has 0 bridgehead atoms. The summed E-state index contributed by atoms with van der Waals surface area (Å²) in [5.41, 5.74) is 1.21. The number of hydrogen-bond donors (Lipinski definition) is 2. The first-order valence-corrected chi connectivity index (χ1v) is 8.01. The number of rotatable bonds is 3. The molecule has 0 radical (unpaired) electrons. The van der Waals surface area contributed by atoms with Crippen LogP contribution in [0.1, 0.15) is 23.2 Å². The Kier molecular flexibility index (Phi) is 5.78. The molecule has 4 amide bonds. The summed E-state index contributed by atoms with van der Waals surface area (Å²) in [6.45, 7) is 1.18. The van der Waals surface area contributed by atoms with E-state index in [-0.39, 0.29) is 23.8 Å². The Hall–Kier alpha value is -2.57. The molecule has 1 aliphatic heterocycles. The maximum atomic E-state index is 12.3. The molecule has 1 aromatic carbocycles. The first-order chi connectivity index (χ1) is 11.4. The van der Waals surface area contributed by atoms with Gasteiger partial charge in [-0.15, -0.1) is 0 Å². The summed E-state index contributed by atoms with van der Waals surface area (Å²) in [5.74, 6) is -0.305. The fraction of sp³-hybridized carbons (Fsp3) is 0.471. The zero-order valence-corrected chi connectivity index (χ0v) is 14.3. The molecule has 0 aromatic heterocycles. The third-order valence-corrected chi connectivity index (χ3v) is 4.16. The van der Waals surface area contributed by atoms with E-state index in [0.717, 1.165) is 0 Å². The maximum Gasteiger partial charge on any atom is 0.319 e. The highest BCUT2D eigenvalue weighted by Gasteiger charge is 2.27. The Morgan fingerprint density at radius 3 is 2.17 bits per heavy atom. The second kappa shape index (κ2) is 7.81. The van der Waals surface area contributed by atoms with Gasteiger partial charge in [-0.2, -0.15) is 0 Å². The lowest BCUT2D eigenvalue weighted by Gasteiger charge is -2.33. The van der Waals surface area contributed by atoms with Crippen LogP contribution in [0.3, 0.4) is 0 Å². The van der Waals surface area contributed by atoms with Crippen molar-refractivity contribution >= 4 is 23.5 Å². The van der Waals surface area contributed by atoms with Crippen molar-refractivity contribution in [2.75, 3.05) is 39.5 Å². The van der Waals surface area contributed by atoms with Crippen molar-refractivity contribution in [3.8, 4) is 0 Å². The van der Waals surface area contributed by atoms with Gasteiger partial charge in [0.2, 0.25) is 5.91 Å². The number of carbonyl (C=O) groups excluding carboxylic acids is 3. The number of likely N-dealkylation sites (tertiary alicyclic amines) is 1. The second-order valence-corrected chi connectivity index (χ2v) is 6.08.